The molecule has 4 unspecified atom stereocenters. The lowest BCUT2D eigenvalue weighted by Gasteiger charge is -2.41. The Morgan fingerprint density at radius 2 is 1.10 bits per heavy atom. The number of nitrogens with zero attached hydrogens (tertiary/aromatic N) is 4. The monoisotopic (exact) mass is 1190 g/mol. The quantitative estimate of drug-likeness (QED) is 0.0353. The number of amides is 11. The van der Waals surface area contributed by atoms with Gasteiger partial charge in [0.05, 0.1) is 64.2 Å². The van der Waals surface area contributed by atoms with Crippen LogP contribution in [0.4, 0.5) is 0 Å². The van der Waals surface area contributed by atoms with Crippen molar-refractivity contribution in [2.45, 2.75) is 98.6 Å². The molecule has 4 atom stereocenters. The average Bonchev–Trinajstić information content (AvgIpc) is 3.56. The van der Waals surface area contributed by atoms with Gasteiger partial charge in [-0.3, -0.25) is 81.7 Å². The van der Waals surface area contributed by atoms with Crippen LogP contribution < -0.4 is 43.0 Å². The lowest BCUT2D eigenvalue weighted by Crippen LogP contribution is -2.64. The Hall–Kier alpha value is -7.87. The van der Waals surface area contributed by atoms with E-state index in [9.17, 15) is 118 Å². The summed E-state index contributed by atoms with van der Waals surface area (Å²) in [5.74, 6) is -23.4. The summed E-state index contributed by atoms with van der Waals surface area (Å²) in [6.45, 7) is -6.31. The summed E-state index contributed by atoms with van der Waals surface area (Å²) in [6, 6.07) is 0. The number of carbonyl (C=O) groups is 15. The Balaban J connectivity index is 2.28. The van der Waals surface area contributed by atoms with Gasteiger partial charge in [-0.15, -0.1) is 0 Å². The standard InChI is InChI=1S/C47H72N12O24/c48-2-5-50-7-9-53-29(61)19-45(81)18-28(60)51-4-1-3-49-6-8-52-30(62)20-46(82,27-37(72)73)40(76)58(16-14-56-12-10-54-38(74)43(79,21-31(56)63)24-34(66)67)33(65)23-47(83)22-32(64)57(15-17-59(41(45)77)42(47)78)13-11-55-39(75)44(80,25-35(68)69)26-36(70)71/h49-50,79-83H,1-27,48H2,(H,51,60)(H,52,62)(H,53,61)(H,54,74)(H,55,75)(H,66,67)(H,68,69)(H,70,71)(H,72,73). The Labute approximate surface area is 471 Å². The fourth-order valence-electron chi connectivity index (χ4n) is 9.01. The molecule has 0 aliphatic carbocycles. The van der Waals surface area contributed by atoms with Crippen LogP contribution in [-0.2, 0) is 71.9 Å². The van der Waals surface area contributed by atoms with Crippen molar-refractivity contribution in [2.75, 3.05) is 105 Å². The molecule has 3 fully saturated rings. The first-order chi connectivity index (χ1) is 38.7. The van der Waals surface area contributed by atoms with Gasteiger partial charge in [0.25, 0.3) is 29.5 Å². The number of carbonyl (C=O) groups excluding carboxylic acids is 11. The fourth-order valence-corrected chi connectivity index (χ4v) is 9.01. The summed E-state index contributed by atoms with van der Waals surface area (Å²) >= 11 is 0. The summed E-state index contributed by atoms with van der Waals surface area (Å²) in [6.07, 6.45) is -14.2. The third kappa shape index (κ3) is 20.8. The number of hydrogen-bond donors (Lipinski definition) is 17. The minimum Gasteiger partial charge on any atom is -0.481 e. The summed E-state index contributed by atoms with van der Waals surface area (Å²) in [5, 5.41) is 113. The van der Waals surface area contributed by atoms with Gasteiger partial charge in [0, 0.05) is 98.2 Å². The first-order valence-corrected chi connectivity index (χ1v) is 26.0. The van der Waals surface area contributed by atoms with Crippen molar-refractivity contribution in [2.24, 2.45) is 5.73 Å². The number of carboxylic acids is 4. The smallest absolute Gasteiger partial charge is 0.306 e. The van der Waals surface area contributed by atoms with Crippen molar-refractivity contribution < 1.29 is 118 Å². The van der Waals surface area contributed by atoms with Gasteiger partial charge < -0.3 is 98.7 Å². The number of hydrogen-bond acceptors (Lipinski definition) is 23. The molecule has 464 valence electrons. The van der Waals surface area contributed by atoms with Crippen LogP contribution in [0, 0.1) is 0 Å². The van der Waals surface area contributed by atoms with E-state index in [1.54, 1.807) is 0 Å². The molecule has 0 aromatic heterocycles. The molecule has 0 saturated carbocycles. The molecule has 2 bridgehead atoms. The summed E-state index contributed by atoms with van der Waals surface area (Å²) in [4.78, 5) is 202. The third-order valence-electron chi connectivity index (χ3n) is 13.2. The van der Waals surface area contributed by atoms with E-state index in [2.05, 4.69) is 37.2 Å². The number of nitrogens with two attached hydrogens (primary N) is 1. The van der Waals surface area contributed by atoms with Crippen molar-refractivity contribution in [3.05, 3.63) is 0 Å². The second kappa shape index (κ2) is 31.0. The highest BCUT2D eigenvalue weighted by Gasteiger charge is 2.54. The zero-order valence-electron chi connectivity index (χ0n) is 45.1. The minimum atomic E-state index is -3.63. The lowest BCUT2D eigenvalue weighted by molar-refractivity contribution is -0.178. The first-order valence-electron chi connectivity index (χ1n) is 26.0. The van der Waals surface area contributed by atoms with Crippen LogP contribution in [0.1, 0.15) is 70.6 Å². The van der Waals surface area contributed by atoms with E-state index >= 15 is 0 Å². The largest absolute Gasteiger partial charge is 0.481 e. The average molecular weight is 1190 g/mol. The second-order valence-corrected chi connectivity index (χ2v) is 20.1. The van der Waals surface area contributed by atoms with Crippen molar-refractivity contribution in [1.82, 2.24) is 56.8 Å². The van der Waals surface area contributed by atoms with Crippen LogP contribution >= 0.6 is 0 Å². The maximum atomic E-state index is 15.0. The summed E-state index contributed by atoms with van der Waals surface area (Å²) in [5.41, 5.74) is -10.7. The highest BCUT2D eigenvalue weighted by atomic mass is 16.4. The van der Waals surface area contributed by atoms with Crippen LogP contribution in [0.3, 0.4) is 0 Å². The highest BCUT2D eigenvalue weighted by Crippen LogP contribution is 2.30. The Morgan fingerprint density at radius 3 is 1.70 bits per heavy atom. The Kier molecular flexibility index (Phi) is 25.9. The molecule has 83 heavy (non-hydrogen) atoms. The molecule has 3 rings (SSSR count). The molecule has 0 aromatic rings. The molecule has 3 heterocycles. The fraction of sp³-hybridized carbons (Fsp3) is 0.681. The Morgan fingerprint density at radius 1 is 0.530 bits per heavy atom. The number of aliphatic carboxylic acids is 4. The number of nitrogens with one attached hydrogen (secondary N) is 7. The van der Waals surface area contributed by atoms with Crippen molar-refractivity contribution in [3.63, 3.8) is 0 Å². The van der Waals surface area contributed by atoms with E-state index in [-0.39, 0.29) is 62.0 Å². The summed E-state index contributed by atoms with van der Waals surface area (Å²) < 4.78 is 0. The van der Waals surface area contributed by atoms with Crippen LogP contribution in [0.15, 0.2) is 0 Å². The van der Waals surface area contributed by atoms with Gasteiger partial charge in [-0.1, -0.05) is 0 Å². The van der Waals surface area contributed by atoms with Gasteiger partial charge in [0.15, 0.2) is 28.0 Å². The van der Waals surface area contributed by atoms with Crippen molar-refractivity contribution >= 4 is 88.9 Å². The predicted molar refractivity (Wildman–Crippen MR) is 273 cm³/mol. The molecule has 0 radical (unpaired) electrons. The topological polar surface area (TPSA) is 561 Å². The van der Waals surface area contributed by atoms with Crippen LogP contribution in [0.2, 0.25) is 0 Å². The van der Waals surface area contributed by atoms with E-state index in [1.807, 2.05) is 0 Å². The van der Waals surface area contributed by atoms with E-state index in [0.29, 0.717) is 11.4 Å². The zero-order valence-corrected chi connectivity index (χ0v) is 45.1. The van der Waals surface area contributed by atoms with Crippen LogP contribution in [-0.4, -0.2) is 287 Å². The van der Waals surface area contributed by atoms with E-state index in [0.717, 1.165) is 4.90 Å². The molecule has 36 heteroatoms. The Bertz CT molecular complexity index is 2490. The molecule has 0 aromatic carbocycles. The summed E-state index contributed by atoms with van der Waals surface area (Å²) in [7, 11) is 0. The third-order valence-corrected chi connectivity index (χ3v) is 13.2. The number of rotatable bonds is 22. The minimum absolute atomic E-state index is 0.0111. The molecule has 36 nitrogen and oxygen atoms in total. The van der Waals surface area contributed by atoms with Gasteiger partial charge in [0.1, 0.15) is 0 Å². The van der Waals surface area contributed by atoms with E-state index < -0.39 is 233 Å². The lowest BCUT2D eigenvalue weighted by atomic mass is 9.87. The number of aliphatic hydroxyl groups is 5. The van der Waals surface area contributed by atoms with Crippen LogP contribution in [0.5, 0.6) is 0 Å². The predicted octanol–water partition coefficient (Wildman–Crippen LogP) is -10.6. The van der Waals surface area contributed by atoms with Gasteiger partial charge in [-0.05, 0) is 13.0 Å². The maximum absolute atomic E-state index is 15.0. The van der Waals surface area contributed by atoms with Crippen molar-refractivity contribution in [3.8, 4) is 0 Å². The molecular weight excluding hydrogens is 1120 g/mol. The molecule has 3 saturated heterocycles. The maximum Gasteiger partial charge on any atom is 0.306 e. The molecular formula is C47H72N12O24. The first kappa shape index (κ1) is 69.4. The highest BCUT2D eigenvalue weighted by molar-refractivity contribution is 6.10. The molecule has 3 aliphatic heterocycles. The molecule has 3 aliphatic rings. The molecule has 0 spiro atoms. The molecule has 11 amide bonds. The number of fused-ring (bicyclic) bond motifs is 2. The van der Waals surface area contributed by atoms with Crippen molar-refractivity contribution in [1.29, 1.82) is 0 Å². The van der Waals surface area contributed by atoms with Gasteiger partial charge in [-0.2, -0.15) is 0 Å². The number of imide groups is 2. The second-order valence-electron chi connectivity index (χ2n) is 20.1. The van der Waals surface area contributed by atoms with Gasteiger partial charge in [0.2, 0.25) is 35.4 Å². The van der Waals surface area contributed by atoms with Gasteiger partial charge in [-0.25, -0.2) is 0 Å². The normalized spacial score (nSPS) is 24.6. The van der Waals surface area contributed by atoms with Crippen LogP contribution in [0.25, 0.3) is 0 Å². The SMILES string of the molecule is NCCNCCNC(=O)CC1(O)CC(=O)NCCCNCCNC(=O)CC(O)(CC(=O)O)C(=O)N(CCN2CCNC(=O)C(O)(CC(=O)O)CC2=O)C(=O)CC2(O)CC(=O)N(CCNC(=O)C(O)(CC(=O)O)CC(=O)O)CCN(C1=O)C2=O. The number of carboxylic acid groups (broad SMARTS) is 4. The zero-order chi connectivity index (χ0) is 62.5. The molecule has 18 N–H and O–H groups in total. The van der Waals surface area contributed by atoms with E-state index in [1.165, 1.54) is 0 Å². The van der Waals surface area contributed by atoms with Gasteiger partial charge >= 0.3 is 23.9 Å². The van der Waals surface area contributed by atoms with E-state index in [4.69, 9.17) is 5.73 Å².